The molecule has 0 unspecified atom stereocenters. The van der Waals surface area contributed by atoms with Gasteiger partial charge in [-0.05, 0) is 56.5 Å². The summed E-state index contributed by atoms with van der Waals surface area (Å²) in [6, 6.07) is 15.0. The monoisotopic (exact) mass is 354 g/mol. The third kappa shape index (κ3) is 4.09. The van der Waals surface area contributed by atoms with E-state index in [2.05, 4.69) is 10.2 Å². The fraction of sp³-hybridized carbons (Fsp3) is 0.211. The van der Waals surface area contributed by atoms with E-state index >= 15 is 0 Å². The van der Waals surface area contributed by atoms with Gasteiger partial charge < -0.3 is 9.15 Å². The highest BCUT2D eigenvalue weighted by Crippen LogP contribution is 2.24. The Morgan fingerprint density at radius 3 is 2.40 bits per heavy atom. The normalized spacial score (nSPS) is 12.0. The molecule has 1 aromatic heterocycles. The van der Waals surface area contributed by atoms with E-state index in [1.807, 2.05) is 49.6 Å². The highest BCUT2D eigenvalue weighted by molar-refractivity contribution is 7.98. The molecule has 0 saturated carbocycles. The van der Waals surface area contributed by atoms with Crippen molar-refractivity contribution in [2.75, 3.05) is 6.26 Å². The summed E-state index contributed by atoms with van der Waals surface area (Å²) in [6.07, 6.45) is 1.36. The van der Waals surface area contributed by atoms with Gasteiger partial charge in [-0.25, -0.2) is 4.79 Å². The molecule has 3 rings (SSSR count). The van der Waals surface area contributed by atoms with Gasteiger partial charge in [0.15, 0.2) is 6.10 Å². The van der Waals surface area contributed by atoms with Crippen LogP contribution in [0.2, 0.25) is 0 Å². The van der Waals surface area contributed by atoms with Crippen molar-refractivity contribution in [3.8, 4) is 11.5 Å². The van der Waals surface area contributed by atoms with Gasteiger partial charge in [-0.1, -0.05) is 17.7 Å². The molecule has 0 saturated heterocycles. The van der Waals surface area contributed by atoms with Crippen LogP contribution in [0.15, 0.2) is 57.8 Å². The molecule has 0 radical (unpaired) electrons. The highest BCUT2D eigenvalue weighted by atomic mass is 32.2. The Kier molecular flexibility index (Phi) is 5.19. The maximum Gasteiger partial charge on any atom is 0.338 e. The van der Waals surface area contributed by atoms with E-state index in [9.17, 15) is 4.79 Å². The third-order valence-electron chi connectivity index (χ3n) is 3.70. The second kappa shape index (κ2) is 7.53. The van der Waals surface area contributed by atoms with E-state index in [0.717, 1.165) is 16.0 Å². The first-order chi connectivity index (χ1) is 12.1. The fourth-order valence-electron chi connectivity index (χ4n) is 2.22. The Morgan fingerprint density at radius 1 is 1.08 bits per heavy atom. The van der Waals surface area contributed by atoms with Crippen LogP contribution in [0.1, 0.15) is 34.8 Å². The van der Waals surface area contributed by atoms with E-state index in [-0.39, 0.29) is 5.89 Å². The molecule has 1 atom stereocenters. The number of thioether (sulfide) groups is 1. The lowest BCUT2D eigenvalue weighted by Crippen LogP contribution is -2.09. The van der Waals surface area contributed by atoms with Crippen molar-refractivity contribution >= 4 is 17.7 Å². The average Bonchev–Trinajstić information content (AvgIpc) is 3.12. The fourth-order valence-corrected chi connectivity index (χ4v) is 2.63. The summed E-state index contributed by atoms with van der Waals surface area (Å²) in [5, 5.41) is 8.02. The van der Waals surface area contributed by atoms with E-state index in [0.29, 0.717) is 11.5 Å². The summed E-state index contributed by atoms with van der Waals surface area (Å²) in [6.45, 7) is 3.72. The Bertz CT molecular complexity index is 857. The number of hydrogen-bond acceptors (Lipinski definition) is 6. The van der Waals surface area contributed by atoms with Crippen molar-refractivity contribution in [3.63, 3.8) is 0 Å². The Hall–Kier alpha value is -2.60. The van der Waals surface area contributed by atoms with E-state index < -0.39 is 12.1 Å². The second-order valence-corrected chi connectivity index (χ2v) is 6.47. The van der Waals surface area contributed by atoms with Crippen LogP contribution in [0.3, 0.4) is 0 Å². The zero-order chi connectivity index (χ0) is 17.8. The summed E-state index contributed by atoms with van der Waals surface area (Å²) < 4.78 is 11.1. The largest absolute Gasteiger partial charge is 0.449 e. The molecule has 128 valence electrons. The van der Waals surface area contributed by atoms with Gasteiger partial charge in [0.2, 0.25) is 5.89 Å². The van der Waals surface area contributed by atoms with E-state index in [4.69, 9.17) is 9.15 Å². The van der Waals surface area contributed by atoms with Crippen LogP contribution < -0.4 is 0 Å². The molecule has 0 amide bonds. The summed E-state index contributed by atoms with van der Waals surface area (Å²) in [4.78, 5) is 13.3. The second-order valence-electron chi connectivity index (χ2n) is 5.59. The lowest BCUT2D eigenvalue weighted by atomic mass is 10.1. The lowest BCUT2D eigenvalue weighted by Gasteiger charge is -2.09. The van der Waals surface area contributed by atoms with E-state index in [1.165, 1.54) is 0 Å². The molecule has 1 heterocycles. The summed E-state index contributed by atoms with van der Waals surface area (Å²) >= 11 is 1.62. The van der Waals surface area contributed by atoms with Crippen LogP contribution >= 0.6 is 11.8 Å². The standard InChI is InChI=1S/C19H18N2O3S/c1-12-4-6-14(7-5-12)18-21-20-17(24-18)13(2)23-19(22)15-8-10-16(25-3)11-9-15/h4-11,13H,1-3H3/t13-/m0/s1. The molecule has 25 heavy (non-hydrogen) atoms. The highest BCUT2D eigenvalue weighted by Gasteiger charge is 2.20. The van der Waals surface area contributed by atoms with Crippen LogP contribution in [0.5, 0.6) is 0 Å². The molecular formula is C19H18N2O3S. The van der Waals surface area contributed by atoms with Crippen molar-refractivity contribution < 1.29 is 13.9 Å². The summed E-state index contributed by atoms with van der Waals surface area (Å²) in [7, 11) is 0. The molecule has 6 heteroatoms. The molecule has 0 spiro atoms. The Morgan fingerprint density at radius 2 is 1.76 bits per heavy atom. The Labute approximate surface area is 150 Å². The summed E-state index contributed by atoms with van der Waals surface area (Å²) in [5.41, 5.74) is 2.47. The number of hydrogen-bond donors (Lipinski definition) is 0. The molecule has 0 N–H and O–H groups in total. The number of benzene rings is 2. The molecule has 0 aliphatic rings. The minimum absolute atomic E-state index is 0.268. The van der Waals surface area contributed by atoms with Gasteiger partial charge in [0, 0.05) is 10.5 Å². The number of carbonyl (C=O) groups excluding carboxylic acids is 1. The summed E-state index contributed by atoms with van der Waals surface area (Å²) in [5.74, 6) is 0.252. The first kappa shape index (κ1) is 17.2. The molecule has 0 aliphatic heterocycles. The van der Waals surface area contributed by atoms with Crippen LogP contribution in [0.25, 0.3) is 11.5 Å². The molecule has 2 aromatic carbocycles. The molecule has 0 fully saturated rings. The van der Waals surface area contributed by atoms with Gasteiger partial charge in [0.25, 0.3) is 5.89 Å². The van der Waals surface area contributed by atoms with Crippen LogP contribution in [-0.4, -0.2) is 22.4 Å². The number of aromatic nitrogens is 2. The number of aryl methyl sites for hydroxylation is 1. The van der Waals surface area contributed by atoms with Crippen molar-refractivity contribution in [2.45, 2.75) is 24.8 Å². The maximum atomic E-state index is 12.2. The van der Waals surface area contributed by atoms with Crippen molar-refractivity contribution in [1.29, 1.82) is 0 Å². The zero-order valence-corrected chi connectivity index (χ0v) is 15.0. The van der Waals surface area contributed by atoms with Gasteiger partial charge in [-0.15, -0.1) is 22.0 Å². The minimum Gasteiger partial charge on any atom is -0.449 e. The van der Waals surface area contributed by atoms with Crippen LogP contribution in [-0.2, 0) is 4.74 Å². The van der Waals surface area contributed by atoms with Crippen molar-refractivity contribution in [2.24, 2.45) is 0 Å². The van der Waals surface area contributed by atoms with Crippen molar-refractivity contribution in [3.05, 3.63) is 65.5 Å². The SMILES string of the molecule is CSc1ccc(C(=O)O[C@@H](C)c2nnc(-c3ccc(C)cc3)o2)cc1. The van der Waals surface area contributed by atoms with Gasteiger partial charge in [0.1, 0.15) is 0 Å². The number of nitrogens with zero attached hydrogens (tertiary/aromatic N) is 2. The van der Waals surface area contributed by atoms with Gasteiger partial charge >= 0.3 is 5.97 Å². The van der Waals surface area contributed by atoms with Crippen LogP contribution in [0.4, 0.5) is 0 Å². The zero-order valence-electron chi connectivity index (χ0n) is 14.2. The third-order valence-corrected chi connectivity index (χ3v) is 4.44. The minimum atomic E-state index is -0.626. The maximum absolute atomic E-state index is 12.2. The number of ether oxygens (including phenoxy) is 1. The molecule has 5 nitrogen and oxygen atoms in total. The quantitative estimate of drug-likeness (QED) is 0.489. The molecule has 0 aliphatic carbocycles. The topological polar surface area (TPSA) is 65.2 Å². The van der Waals surface area contributed by atoms with E-state index in [1.54, 1.807) is 30.8 Å². The molecular weight excluding hydrogens is 336 g/mol. The van der Waals surface area contributed by atoms with Crippen molar-refractivity contribution in [1.82, 2.24) is 10.2 Å². The molecule has 0 bridgehead atoms. The first-order valence-corrected chi connectivity index (χ1v) is 9.05. The van der Waals surface area contributed by atoms with Gasteiger partial charge in [-0.2, -0.15) is 0 Å². The average molecular weight is 354 g/mol. The number of carbonyl (C=O) groups is 1. The van der Waals surface area contributed by atoms with Gasteiger partial charge in [-0.3, -0.25) is 0 Å². The number of rotatable bonds is 5. The predicted molar refractivity (Wildman–Crippen MR) is 96.5 cm³/mol. The molecule has 3 aromatic rings. The van der Waals surface area contributed by atoms with Crippen LogP contribution in [0, 0.1) is 6.92 Å². The smallest absolute Gasteiger partial charge is 0.338 e. The van der Waals surface area contributed by atoms with Gasteiger partial charge in [0.05, 0.1) is 5.56 Å². The number of esters is 1. The lowest BCUT2D eigenvalue weighted by molar-refractivity contribution is 0.0280. The predicted octanol–water partition coefficient (Wildman–Crippen LogP) is 4.68. The first-order valence-electron chi connectivity index (χ1n) is 7.82. The Balaban J connectivity index is 1.69.